The molecule has 2 rings (SSSR count). The topological polar surface area (TPSA) is 50.4 Å². The Hall–Kier alpha value is -2.56. The summed E-state index contributed by atoms with van der Waals surface area (Å²) in [6.45, 7) is 4.14. The monoisotopic (exact) mass is 316 g/mol. The Kier molecular flexibility index (Phi) is 5.97. The van der Waals surface area contributed by atoms with Gasteiger partial charge in [-0.1, -0.05) is 30.3 Å². The zero-order chi connectivity index (χ0) is 16.7. The quantitative estimate of drug-likeness (QED) is 0.824. The molecule has 5 heteroatoms. The van der Waals surface area contributed by atoms with Crippen LogP contribution in [0.1, 0.15) is 19.4 Å². The Bertz CT molecular complexity index is 659. The summed E-state index contributed by atoms with van der Waals surface area (Å²) < 4.78 is 19.2. The van der Waals surface area contributed by atoms with Crippen molar-refractivity contribution in [2.75, 3.05) is 11.9 Å². The molecule has 23 heavy (non-hydrogen) atoms. The van der Waals surface area contributed by atoms with Crippen molar-refractivity contribution in [2.45, 2.75) is 26.5 Å². The molecule has 0 aliphatic carbocycles. The number of carbonyl (C=O) groups excluding carboxylic acids is 1. The van der Waals surface area contributed by atoms with E-state index in [1.807, 2.05) is 38.1 Å². The molecular formula is C18H21FN2O2. The Morgan fingerprint density at radius 2 is 1.83 bits per heavy atom. The number of hydrogen-bond donors (Lipinski definition) is 2. The molecule has 0 saturated heterocycles. The van der Waals surface area contributed by atoms with Crippen LogP contribution < -0.4 is 15.4 Å². The number of amides is 1. The Balaban J connectivity index is 1.86. The summed E-state index contributed by atoms with van der Waals surface area (Å²) in [5.74, 6) is 0.161. The zero-order valence-electron chi connectivity index (χ0n) is 13.3. The molecule has 0 fully saturated rings. The summed E-state index contributed by atoms with van der Waals surface area (Å²) in [5.41, 5.74) is 1.21. The summed E-state index contributed by atoms with van der Waals surface area (Å²) in [6.07, 6.45) is 0.0489. The molecule has 0 unspecified atom stereocenters. The van der Waals surface area contributed by atoms with E-state index in [1.165, 1.54) is 6.07 Å². The molecule has 0 aliphatic heterocycles. The van der Waals surface area contributed by atoms with Crippen molar-refractivity contribution >= 4 is 11.6 Å². The van der Waals surface area contributed by atoms with E-state index in [4.69, 9.17) is 4.74 Å². The van der Waals surface area contributed by atoms with Crippen LogP contribution in [0.2, 0.25) is 0 Å². The van der Waals surface area contributed by atoms with Crippen LogP contribution in [-0.2, 0) is 11.3 Å². The van der Waals surface area contributed by atoms with Gasteiger partial charge in [0.05, 0.1) is 18.3 Å². The van der Waals surface area contributed by atoms with Crippen molar-refractivity contribution in [1.82, 2.24) is 5.32 Å². The molecule has 122 valence electrons. The largest absolute Gasteiger partial charge is 0.489 e. The van der Waals surface area contributed by atoms with Crippen molar-refractivity contribution in [1.29, 1.82) is 0 Å². The van der Waals surface area contributed by atoms with Crippen LogP contribution in [-0.4, -0.2) is 18.6 Å². The number of carbonyl (C=O) groups is 1. The van der Waals surface area contributed by atoms with Gasteiger partial charge in [-0.3, -0.25) is 4.79 Å². The summed E-state index contributed by atoms with van der Waals surface area (Å²) >= 11 is 0. The molecule has 1 amide bonds. The average molecular weight is 316 g/mol. The number of hydrogen-bond acceptors (Lipinski definition) is 3. The van der Waals surface area contributed by atoms with Gasteiger partial charge >= 0.3 is 0 Å². The molecule has 0 heterocycles. The molecular weight excluding hydrogens is 295 g/mol. The van der Waals surface area contributed by atoms with Gasteiger partial charge in [0.15, 0.2) is 0 Å². The number of halogens is 1. The van der Waals surface area contributed by atoms with Gasteiger partial charge in [-0.15, -0.1) is 0 Å². The second kappa shape index (κ2) is 8.17. The highest BCUT2D eigenvalue weighted by Gasteiger charge is 2.08. The fourth-order valence-electron chi connectivity index (χ4n) is 2.04. The van der Waals surface area contributed by atoms with Gasteiger partial charge in [0.1, 0.15) is 11.6 Å². The molecule has 0 radical (unpaired) electrons. The average Bonchev–Trinajstić information content (AvgIpc) is 2.53. The lowest BCUT2D eigenvalue weighted by molar-refractivity contribution is -0.119. The first-order valence-corrected chi connectivity index (χ1v) is 7.56. The Labute approximate surface area is 135 Å². The summed E-state index contributed by atoms with van der Waals surface area (Å²) in [5, 5.41) is 5.73. The zero-order valence-corrected chi connectivity index (χ0v) is 13.3. The molecule has 2 aromatic carbocycles. The maximum atomic E-state index is 13.5. The van der Waals surface area contributed by atoms with E-state index in [1.54, 1.807) is 18.2 Å². The SMILES string of the molecule is CC(C)Oc1ccccc1NCC(=O)NCc1ccccc1F. The third-order valence-corrected chi connectivity index (χ3v) is 3.12. The fourth-order valence-corrected chi connectivity index (χ4v) is 2.04. The molecule has 0 spiro atoms. The smallest absolute Gasteiger partial charge is 0.239 e. The molecule has 4 nitrogen and oxygen atoms in total. The highest BCUT2D eigenvalue weighted by molar-refractivity contribution is 5.81. The van der Waals surface area contributed by atoms with Crippen molar-refractivity contribution in [2.24, 2.45) is 0 Å². The summed E-state index contributed by atoms with van der Waals surface area (Å²) in [7, 11) is 0. The minimum atomic E-state index is -0.323. The van der Waals surface area contributed by atoms with E-state index in [2.05, 4.69) is 10.6 Å². The minimum absolute atomic E-state index is 0.0489. The number of ether oxygens (including phenoxy) is 1. The number of nitrogens with one attached hydrogen (secondary N) is 2. The van der Waals surface area contributed by atoms with Crippen LogP contribution in [0.15, 0.2) is 48.5 Å². The normalized spacial score (nSPS) is 10.4. The first-order valence-electron chi connectivity index (χ1n) is 7.56. The third-order valence-electron chi connectivity index (χ3n) is 3.12. The van der Waals surface area contributed by atoms with E-state index >= 15 is 0 Å². The second-order valence-electron chi connectivity index (χ2n) is 5.38. The van der Waals surface area contributed by atoms with Crippen molar-refractivity contribution in [3.05, 3.63) is 59.9 Å². The Morgan fingerprint density at radius 1 is 1.13 bits per heavy atom. The molecule has 2 aromatic rings. The van der Waals surface area contributed by atoms with Crippen molar-refractivity contribution in [3.63, 3.8) is 0 Å². The van der Waals surface area contributed by atoms with Crippen LogP contribution in [0.3, 0.4) is 0 Å². The molecule has 0 saturated carbocycles. The van der Waals surface area contributed by atoms with Crippen LogP contribution in [0.4, 0.5) is 10.1 Å². The van der Waals surface area contributed by atoms with Crippen LogP contribution in [0, 0.1) is 5.82 Å². The molecule has 0 bridgehead atoms. The van der Waals surface area contributed by atoms with Gasteiger partial charge < -0.3 is 15.4 Å². The van der Waals surface area contributed by atoms with Crippen molar-refractivity contribution in [3.8, 4) is 5.75 Å². The number of benzene rings is 2. The highest BCUT2D eigenvalue weighted by atomic mass is 19.1. The number of anilines is 1. The second-order valence-corrected chi connectivity index (χ2v) is 5.38. The summed E-state index contributed by atoms with van der Waals surface area (Å²) in [6, 6.07) is 13.8. The molecule has 2 N–H and O–H groups in total. The predicted octanol–water partition coefficient (Wildman–Crippen LogP) is 3.34. The van der Waals surface area contributed by atoms with Crippen LogP contribution in [0.5, 0.6) is 5.75 Å². The third kappa shape index (κ3) is 5.29. The minimum Gasteiger partial charge on any atom is -0.489 e. The van der Waals surface area contributed by atoms with Gasteiger partial charge in [-0.2, -0.15) is 0 Å². The molecule has 0 aliphatic rings. The standard InChI is InChI=1S/C18H21FN2O2/c1-13(2)23-17-10-6-5-9-16(17)20-12-18(22)21-11-14-7-3-4-8-15(14)19/h3-10,13,20H,11-12H2,1-2H3,(H,21,22). The van der Waals surface area contributed by atoms with Crippen LogP contribution in [0.25, 0.3) is 0 Å². The maximum Gasteiger partial charge on any atom is 0.239 e. The van der Waals surface area contributed by atoms with E-state index in [0.717, 1.165) is 5.69 Å². The van der Waals surface area contributed by atoms with Gasteiger partial charge in [0, 0.05) is 12.1 Å². The van der Waals surface area contributed by atoms with Crippen molar-refractivity contribution < 1.29 is 13.9 Å². The van der Waals surface area contributed by atoms with Crippen LogP contribution >= 0.6 is 0 Å². The van der Waals surface area contributed by atoms with Gasteiger partial charge in [-0.25, -0.2) is 4.39 Å². The van der Waals surface area contributed by atoms with Gasteiger partial charge in [0.2, 0.25) is 5.91 Å². The maximum absolute atomic E-state index is 13.5. The van der Waals surface area contributed by atoms with Gasteiger partial charge in [-0.05, 0) is 32.0 Å². The molecule has 0 atom stereocenters. The summed E-state index contributed by atoms with van der Waals surface area (Å²) in [4.78, 5) is 11.9. The number of rotatable bonds is 7. The molecule has 0 aromatic heterocycles. The Morgan fingerprint density at radius 3 is 2.57 bits per heavy atom. The highest BCUT2D eigenvalue weighted by Crippen LogP contribution is 2.24. The first-order chi connectivity index (χ1) is 11.1. The number of para-hydroxylation sites is 2. The lowest BCUT2D eigenvalue weighted by Gasteiger charge is -2.15. The lowest BCUT2D eigenvalue weighted by atomic mass is 10.2. The first kappa shape index (κ1) is 16.8. The fraction of sp³-hybridized carbons (Fsp3) is 0.278. The lowest BCUT2D eigenvalue weighted by Crippen LogP contribution is -2.29. The van der Waals surface area contributed by atoms with E-state index in [-0.39, 0.29) is 30.9 Å². The van der Waals surface area contributed by atoms with E-state index < -0.39 is 0 Å². The van der Waals surface area contributed by atoms with Gasteiger partial charge in [0.25, 0.3) is 0 Å². The predicted molar refractivity (Wildman–Crippen MR) is 88.9 cm³/mol. The van der Waals surface area contributed by atoms with E-state index in [9.17, 15) is 9.18 Å². The van der Waals surface area contributed by atoms with E-state index in [0.29, 0.717) is 11.3 Å².